The van der Waals surface area contributed by atoms with Crippen LogP contribution < -0.4 is 10.1 Å². The molecule has 1 fully saturated rings. The van der Waals surface area contributed by atoms with Crippen LogP contribution >= 0.6 is 15.9 Å². The standard InChI is InChI=1S/C11H14BrNO2/c12-10-6-9(14)3-4-11(10)15-7-8-2-1-5-13-8/h3-4,6,8,13-14H,1-2,5,7H2. The predicted molar refractivity (Wildman–Crippen MR) is 62.3 cm³/mol. The lowest BCUT2D eigenvalue weighted by atomic mass is 10.2. The number of hydrogen-bond donors (Lipinski definition) is 2. The van der Waals surface area contributed by atoms with Gasteiger partial charge in [-0.15, -0.1) is 0 Å². The van der Waals surface area contributed by atoms with E-state index in [2.05, 4.69) is 21.2 Å². The quantitative estimate of drug-likeness (QED) is 0.887. The summed E-state index contributed by atoms with van der Waals surface area (Å²) >= 11 is 3.35. The van der Waals surface area contributed by atoms with Crippen LogP contribution in [0.5, 0.6) is 11.5 Å². The summed E-state index contributed by atoms with van der Waals surface area (Å²) in [6.07, 6.45) is 2.40. The summed E-state index contributed by atoms with van der Waals surface area (Å²) in [5.41, 5.74) is 0. The van der Waals surface area contributed by atoms with Crippen molar-refractivity contribution in [3.05, 3.63) is 22.7 Å². The molecule has 1 atom stereocenters. The van der Waals surface area contributed by atoms with E-state index in [1.165, 1.54) is 12.8 Å². The maximum Gasteiger partial charge on any atom is 0.133 e. The minimum Gasteiger partial charge on any atom is -0.508 e. The van der Waals surface area contributed by atoms with Crippen LogP contribution in [0.4, 0.5) is 0 Å². The van der Waals surface area contributed by atoms with Crippen molar-refractivity contribution in [2.24, 2.45) is 0 Å². The van der Waals surface area contributed by atoms with Gasteiger partial charge in [0.25, 0.3) is 0 Å². The summed E-state index contributed by atoms with van der Waals surface area (Å²) < 4.78 is 6.45. The molecule has 2 rings (SSSR count). The largest absolute Gasteiger partial charge is 0.508 e. The Morgan fingerprint density at radius 1 is 1.53 bits per heavy atom. The Kier molecular flexibility index (Phi) is 3.49. The minimum atomic E-state index is 0.244. The highest BCUT2D eigenvalue weighted by molar-refractivity contribution is 9.10. The van der Waals surface area contributed by atoms with Crippen molar-refractivity contribution in [1.82, 2.24) is 5.32 Å². The summed E-state index contributed by atoms with van der Waals surface area (Å²) in [6, 6.07) is 5.50. The predicted octanol–water partition coefficient (Wildman–Crippen LogP) is 2.29. The zero-order valence-corrected chi connectivity index (χ0v) is 9.96. The van der Waals surface area contributed by atoms with Crippen LogP contribution in [0.15, 0.2) is 22.7 Å². The van der Waals surface area contributed by atoms with E-state index in [1.54, 1.807) is 18.2 Å². The average molecular weight is 272 g/mol. The zero-order chi connectivity index (χ0) is 10.7. The normalized spacial score (nSPS) is 20.5. The molecule has 1 aromatic carbocycles. The molecule has 1 heterocycles. The highest BCUT2D eigenvalue weighted by Gasteiger charge is 2.14. The highest BCUT2D eigenvalue weighted by atomic mass is 79.9. The first-order valence-electron chi connectivity index (χ1n) is 5.10. The average Bonchev–Trinajstić information content (AvgIpc) is 2.69. The lowest BCUT2D eigenvalue weighted by molar-refractivity contribution is 0.275. The molecule has 3 nitrogen and oxygen atoms in total. The molecule has 1 unspecified atom stereocenters. The topological polar surface area (TPSA) is 41.5 Å². The Morgan fingerprint density at radius 3 is 3.07 bits per heavy atom. The molecule has 1 aromatic rings. The van der Waals surface area contributed by atoms with Crippen LogP contribution in [0.3, 0.4) is 0 Å². The molecule has 1 aliphatic rings. The molecular formula is C11H14BrNO2. The molecule has 0 saturated carbocycles. The SMILES string of the molecule is Oc1ccc(OCC2CCCN2)c(Br)c1. The van der Waals surface area contributed by atoms with Crippen LogP contribution in [0.2, 0.25) is 0 Å². The van der Waals surface area contributed by atoms with Crippen molar-refractivity contribution >= 4 is 15.9 Å². The van der Waals surface area contributed by atoms with Gasteiger partial charge in [0, 0.05) is 6.04 Å². The summed E-state index contributed by atoms with van der Waals surface area (Å²) in [5.74, 6) is 1.02. The van der Waals surface area contributed by atoms with Crippen molar-refractivity contribution in [3.8, 4) is 11.5 Å². The number of phenolic OH excluding ortho intramolecular Hbond substituents is 1. The maximum absolute atomic E-state index is 9.22. The van der Waals surface area contributed by atoms with E-state index in [9.17, 15) is 5.11 Å². The zero-order valence-electron chi connectivity index (χ0n) is 8.37. The van der Waals surface area contributed by atoms with Gasteiger partial charge in [-0.1, -0.05) is 0 Å². The lowest BCUT2D eigenvalue weighted by Gasteiger charge is -2.13. The Morgan fingerprint density at radius 2 is 2.40 bits per heavy atom. The Hall–Kier alpha value is -0.740. The van der Waals surface area contributed by atoms with Gasteiger partial charge in [0.2, 0.25) is 0 Å². The number of nitrogens with one attached hydrogen (secondary N) is 1. The summed E-state index contributed by atoms with van der Waals surface area (Å²) in [4.78, 5) is 0. The highest BCUT2D eigenvalue weighted by Crippen LogP contribution is 2.28. The van der Waals surface area contributed by atoms with Gasteiger partial charge < -0.3 is 15.2 Å². The first kappa shape index (κ1) is 10.8. The second kappa shape index (κ2) is 4.86. The molecule has 1 saturated heterocycles. The lowest BCUT2D eigenvalue weighted by Crippen LogP contribution is -2.28. The number of phenols is 1. The second-order valence-corrected chi connectivity index (χ2v) is 4.57. The molecule has 15 heavy (non-hydrogen) atoms. The van der Waals surface area contributed by atoms with Crippen molar-refractivity contribution < 1.29 is 9.84 Å². The first-order chi connectivity index (χ1) is 7.25. The van der Waals surface area contributed by atoms with Gasteiger partial charge in [-0.05, 0) is 53.5 Å². The molecular weight excluding hydrogens is 258 g/mol. The van der Waals surface area contributed by atoms with Gasteiger partial charge in [0.05, 0.1) is 4.47 Å². The maximum atomic E-state index is 9.22. The molecule has 0 amide bonds. The molecule has 4 heteroatoms. The monoisotopic (exact) mass is 271 g/mol. The van der Waals surface area contributed by atoms with Crippen molar-refractivity contribution in [3.63, 3.8) is 0 Å². The molecule has 0 bridgehead atoms. The van der Waals surface area contributed by atoms with Crippen LogP contribution in [-0.4, -0.2) is 24.3 Å². The van der Waals surface area contributed by atoms with E-state index in [-0.39, 0.29) is 5.75 Å². The third kappa shape index (κ3) is 2.86. The van der Waals surface area contributed by atoms with E-state index < -0.39 is 0 Å². The number of aromatic hydroxyl groups is 1. The Labute approximate surface area is 97.6 Å². The van der Waals surface area contributed by atoms with Crippen LogP contribution in [0.25, 0.3) is 0 Å². The number of halogens is 1. The van der Waals surface area contributed by atoms with Gasteiger partial charge in [-0.3, -0.25) is 0 Å². The fourth-order valence-electron chi connectivity index (χ4n) is 1.70. The van der Waals surface area contributed by atoms with E-state index in [0.717, 1.165) is 16.8 Å². The van der Waals surface area contributed by atoms with E-state index >= 15 is 0 Å². The van der Waals surface area contributed by atoms with E-state index in [1.807, 2.05) is 0 Å². The van der Waals surface area contributed by atoms with Crippen LogP contribution in [0.1, 0.15) is 12.8 Å². The van der Waals surface area contributed by atoms with Gasteiger partial charge in [0.1, 0.15) is 18.1 Å². The first-order valence-corrected chi connectivity index (χ1v) is 5.90. The fourth-order valence-corrected chi connectivity index (χ4v) is 2.18. The fraction of sp³-hybridized carbons (Fsp3) is 0.455. The summed E-state index contributed by atoms with van der Waals surface area (Å²) in [5, 5.41) is 12.6. The van der Waals surface area contributed by atoms with Crippen LogP contribution in [-0.2, 0) is 0 Å². The molecule has 0 spiro atoms. The van der Waals surface area contributed by atoms with Gasteiger partial charge in [-0.25, -0.2) is 0 Å². The molecule has 0 aliphatic carbocycles. The molecule has 0 aromatic heterocycles. The number of ether oxygens (including phenoxy) is 1. The van der Waals surface area contributed by atoms with Gasteiger partial charge >= 0.3 is 0 Å². The third-order valence-corrected chi connectivity index (χ3v) is 3.14. The van der Waals surface area contributed by atoms with E-state index in [0.29, 0.717) is 12.6 Å². The molecule has 0 radical (unpaired) electrons. The smallest absolute Gasteiger partial charge is 0.133 e. The van der Waals surface area contributed by atoms with Crippen molar-refractivity contribution in [2.45, 2.75) is 18.9 Å². The number of benzene rings is 1. The Balaban J connectivity index is 1.92. The third-order valence-electron chi connectivity index (χ3n) is 2.52. The van der Waals surface area contributed by atoms with E-state index in [4.69, 9.17) is 4.74 Å². The second-order valence-electron chi connectivity index (χ2n) is 3.72. The van der Waals surface area contributed by atoms with Gasteiger partial charge in [0.15, 0.2) is 0 Å². The number of hydrogen-bond acceptors (Lipinski definition) is 3. The molecule has 2 N–H and O–H groups in total. The molecule has 1 aliphatic heterocycles. The van der Waals surface area contributed by atoms with Gasteiger partial charge in [-0.2, -0.15) is 0 Å². The minimum absolute atomic E-state index is 0.244. The number of rotatable bonds is 3. The molecule has 82 valence electrons. The summed E-state index contributed by atoms with van der Waals surface area (Å²) in [7, 11) is 0. The summed E-state index contributed by atoms with van der Waals surface area (Å²) in [6.45, 7) is 1.77. The van der Waals surface area contributed by atoms with Crippen molar-refractivity contribution in [1.29, 1.82) is 0 Å². The van der Waals surface area contributed by atoms with Crippen molar-refractivity contribution in [2.75, 3.05) is 13.2 Å². The van der Waals surface area contributed by atoms with Crippen LogP contribution in [0, 0.1) is 0 Å². The Bertz CT molecular complexity index is 337.